The number of hydrogen-bond acceptors (Lipinski definition) is 4. The number of halogens is 3. The molecular formula is C7H8F3NO4. The summed E-state index contributed by atoms with van der Waals surface area (Å²) in [4.78, 5) is 23.7. The van der Waals surface area contributed by atoms with E-state index in [1.54, 1.807) is 0 Å². The van der Waals surface area contributed by atoms with E-state index in [0.717, 1.165) is 7.11 Å². The van der Waals surface area contributed by atoms with E-state index in [-0.39, 0.29) is 6.61 Å². The Kier molecular flexibility index (Phi) is 4.75. The van der Waals surface area contributed by atoms with E-state index in [4.69, 9.17) is 0 Å². The zero-order valence-electron chi connectivity index (χ0n) is 7.92. The first-order chi connectivity index (χ1) is 6.82. The van der Waals surface area contributed by atoms with Crippen molar-refractivity contribution in [1.29, 1.82) is 0 Å². The van der Waals surface area contributed by atoms with Crippen LogP contribution in [-0.2, 0) is 14.3 Å². The van der Waals surface area contributed by atoms with Crippen molar-refractivity contribution in [3.8, 4) is 0 Å². The molecule has 0 aliphatic carbocycles. The second kappa shape index (κ2) is 5.32. The monoisotopic (exact) mass is 227 g/mol. The van der Waals surface area contributed by atoms with Crippen LogP contribution >= 0.6 is 0 Å². The predicted molar refractivity (Wildman–Crippen MR) is 42.5 cm³/mol. The van der Waals surface area contributed by atoms with Gasteiger partial charge in [-0.25, -0.2) is 9.59 Å². The molecule has 0 N–H and O–H groups in total. The molecule has 0 unspecified atom stereocenters. The van der Waals surface area contributed by atoms with Gasteiger partial charge in [-0.1, -0.05) is 0 Å². The van der Waals surface area contributed by atoms with Crippen molar-refractivity contribution in [2.45, 2.75) is 13.1 Å². The van der Waals surface area contributed by atoms with Gasteiger partial charge in [0.1, 0.15) is 0 Å². The fourth-order valence-electron chi connectivity index (χ4n) is 0.568. The summed E-state index contributed by atoms with van der Waals surface area (Å²) in [6.45, 7) is 1.24. The Balaban J connectivity index is 4.95. The van der Waals surface area contributed by atoms with E-state index in [0.29, 0.717) is 0 Å². The molecule has 8 heteroatoms. The summed E-state index contributed by atoms with van der Waals surface area (Å²) >= 11 is 0. The molecule has 0 aromatic carbocycles. The Morgan fingerprint density at radius 1 is 1.33 bits per heavy atom. The number of hydrogen-bond donors (Lipinski definition) is 0. The third kappa shape index (κ3) is 4.43. The molecule has 86 valence electrons. The molecule has 5 nitrogen and oxygen atoms in total. The number of methoxy groups -OCH3 is 1. The Labute approximate surface area is 82.9 Å². The smallest absolute Gasteiger partial charge is 0.440 e. The van der Waals surface area contributed by atoms with Gasteiger partial charge in [-0.2, -0.15) is 18.2 Å². The maximum Gasteiger partial charge on any atom is 0.440 e. The lowest BCUT2D eigenvalue weighted by atomic mass is 10.4. The minimum Gasteiger partial charge on any atom is -0.464 e. The molecule has 0 bridgehead atoms. The maximum absolute atomic E-state index is 12.1. The molecule has 0 aliphatic heterocycles. The lowest BCUT2D eigenvalue weighted by molar-refractivity contribution is -0.137. The molecule has 0 fully saturated rings. The fraction of sp³-hybridized carbons (Fsp3) is 0.571. The van der Waals surface area contributed by atoms with Crippen molar-refractivity contribution in [2.75, 3.05) is 13.7 Å². The van der Waals surface area contributed by atoms with Crippen LogP contribution in [0, 0.1) is 0 Å². The van der Waals surface area contributed by atoms with Crippen molar-refractivity contribution in [3.63, 3.8) is 0 Å². The van der Waals surface area contributed by atoms with Crippen LogP contribution < -0.4 is 0 Å². The largest absolute Gasteiger partial charge is 0.464 e. The quantitative estimate of drug-likeness (QED) is 0.527. The molecule has 15 heavy (non-hydrogen) atoms. The Bertz CT molecular complexity index is 284. The first-order valence-corrected chi connectivity index (χ1v) is 3.73. The number of rotatable bonds is 2. The van der Waals surface area contributed by atoms with Gasteiger partial charge in [-0.05, 0) is 6.92 Å². The summed E-state index contributed by atoms with van der Waals surface area (Å²) in [5.74, 6) is -1.74. The minimum atomic E-state index is -5.06. The van der Waals surface area contributed by atoms with Crippen molar-refractivity contribution in [2.24, 2.45) is 4.99 Å². The zero-order valence-corrected chi connectivity index (χ0v) is 7.92. The van der Waals surface area contributed by atoms with E-state index in [2.05, 4.69) is 14.5 Å². The van der Waals surface area contributed by atoms with Gasteiger partial charge in [-0.15, -0.1) is 0 Å². The van der Waals surface area contributed by atoms with E-state index in [1.165, 1.54) is 6.92 Å². The van der Waals surface area contributed by atoms with E-state index < -0.39 is 24.0 Å². The second-order valence-corrected chi connectivity index (χ2v) is 2.15. The number of esters is 1. The molecule has 0 saturated heterocycles. The van der Waals surface area contributed by atoms with Crippen molar-refractivity contribution in [1.82, 2.24) is 0 Å². The van der Waals surface area contributed by atoms with Crippen LogP contribution in [0.2, 0.25) is 0 Å². The van der Waals surface area contributed by atoms with Gasteiger partial charge in [0.15, 0.2) is 0 Å². The van der Waals surface area contributed by atoms with Crippen LogP contribution in [-0.4, -0.2) is 37.7 Å². The third-order valence-electron chi connectivity index (χ3n) is 1.12. The number of carbonyl (C=O) groups is 2. The number of aliphatic imine (C=N–C) groups is 1. The summed E-state index contributed by atoms with van der Waals surface area (Å²) in [6, 6.07) is 0. The number of carbonyl (C=O) groups excluding carboxylic acids is 2. The Morgan fingerprint density at radius 3 is 2.20 bits per heavy atom. The molecule has 0 saturated carbocycles. The first kappa shape index (κ1) is 13.4. The summed E-state index contributed by atoms with van der Waals surface area (Å²) in [5, 5.41) is 0. The zero-order chi connectivity index (χ0) is 12.1. The lowest BCUT2D eigenvalue weighted by Gasteiger charge is -2.07. The summed E-state index contributed by atoms with van der Waals surface area (Å²) in [6.07, 6.45) is -6.55. The molecule has 0 spiro atoms. The molecule has 0 atom stereocenters. The van der Waals surface area contributed by atoms with E-state index in [1.807, 2.05) is 0 Å². The van der Waals surface area contributed by atoms with Gasteiger partial charge in [0.05, 0.1) is 13.7 Å². The van der Waals surface area contributed by atoms with Crippen LogP contribution in [0.1, 0.15) is 6.92 Å². The summed E-state index contributed by atoms with van der Waals surface area (Å²) in [7, 11) is 0.745. The topological polar surface area (TPSA) is 65.0 Å². The SMILES string of the molecule is CCOC(=O)/N=C(/C(=O)OC)C(F)(F)F. The van der Waals surface area contributed by atoms with E-state index in [9.17, 15) is 22.8 Å². The highest BCUT2D eigenvalue weighted by atomic mass is 19.4. The van der Waals surface area contributed by atoms with Gasteiger partial charge in [0.25, 0.3) is 0 Å². The summed E-state index contributed by atoms with van der Waals surface area (Å²) < 4.78 is 44.3. The molecule has 1 amide bonds. The highest BCUT2D eigenvalue weighted by Gasteiger charge is 2.42. The van der Waals surface area contributed by atoms with Gasteiger partial charge in [0.2, 0.25) is 5.71 Å². The second-order valence-electron chi connectivity index (χ2n) is 2.15. The summed E-state index contributed by atoms with van der Waals surface area (Å²) in [5.41, 5.74) is -1.94. The number of alkyl halides is 3. The minimum absolute atomic E-state index is 0.144. The highest BCUT2D eigenvalue weighted by molar-refractivity contribution is 6.40. The third-order valence-corrected chi connectivity index (χ3v) is 1.12. The normalized spacial score (nSPS) is 12.2. The van der Waals surface area contributed by atoms with Gasteiger partial charge in [-0.3, -0.25) is 0 Å². The Hall–Kier alpha value is -1.60. The predicted octanol–water partition coefficient (Wildman–Crippen LogP) is 1.32. The number of ether oxygens (including phenoxy) is 2. The average Bonchev–Trinajstić information content (AvgIpc) is 2.12. The molecule has 0 aromatic rings. The van der Waals surface area contributed by atoms with Crippen molar-refractivity contribution < 1.29 is 32.2 Å². The fourth-order valence-corrected chi connectivity index (χ4v) is 0.568. The molecular weight excluding hydrogens is 219 g/mol. The standard InChI is InChI=1S/C7H8F3NO4/c1-3-15-6(13)11-4(5(12)14-2)7(8,9)10/h3H2,1-2H3/b11-4-. The van der Waals surface area contributed by atoms with Gasteiger partial charge in [0, 0.05) is 0 Å². The van der Waals surface area contributed by atoms with Gasteiger partial charge >= 0.3 is 18.2 Å². The average molecular weight is 227 g/mol. The Morgan fingerprint density at radius 2 is 1.87 bits per heavy atom. The molecule has 0 aliphatic rings. The lowest BCUT2D eigenvalue weighted by Crippen LogP contribution is -2.33. The van der Waals surface area contributed by atoms with Crippen LogP contribution in [0.5, 0.6) is 0 Å². The number of amides is 1. The van der Waals surface area contributed by atoms with Crippen LogP contribution in [0.3, 0.4) is 0 Å². The van der Waals surface area contributed by atoms with Crippen LogP contribution in [0.4, 0.5) is 18.0 Å². The first-order valence-electron chi connectivity index (χ1n) is 3.73. The molecule has 0 heterocycles. The van der Waals surface area contributed by atoms with Gasteiger partial charge < -0.3 is 9.47 Å². The number of nitrogens with zero attached hydrogens (tertiary/aromatic N) is 1. The highest BCUT2D eigenvalue weighted by Crippen LogP contribution is 2.18. The van der Waals surface area contributed by atoms with Crippen molar-refractivity contribution in [3.05, 3.63) is 0 Å². The molecule has 0 rings (SSSR count). The molecule has 0 radical (unpaired) electrons. The van der Waals surface area contributed by atoms with Crippen LogP contribution in [0.15, 0.2) is 4.99 Å². The van der Waals surface area contributed by atoms with Crippen LogP contribution in [0.25, 0.3) is 0 Å². The van der Waals surface area contributed by atoms with Crippen molar-refractivity contribution >= 4 is 17.8 Å². The maximum atomic E-state index is 12.1. The molecule has 0 aromatic heterocycles. The van der Waals surface area contributed by atoms with E-state index >= 15 is 0 Å².